The second-order valence-corrected chi connectivity index (χ2v) is 8.10. The molecule has 0 radical (unpaired) electrons. The minimum atomic E-state index is -2.89. The monoisotopic (exact) mass is 335 g/mol. The van der Waals surface area contributed by atoms with Gasteiger partial charge >= 0.3 is 0 Å². The highest BCUT2D eigenvalue weighted by Gasteiger charge is 2.32. The fraction of sp³-hybridized carbons (Fsp3) is 0.500. The molecule has 0 saturated carbocycles. The van der Waals surface area contributed by atoms with Crippen molar-refractivity contribution >= 4 is 9.84 Å². The molecule has 1 aromatic heterocycles. The summed E-state index contributed by atoms with van der Waals surface area (Å²) in [5.74, 6) is 1.63. The van der Waals surface area contributed by atoms with Crippen LogP contribution < -0.4 is 0 Å². The molecular formula is C16H21N3O3S. The lowest BCUT2D eigenvalue weighted by atomic mass is 10.2. The van der Waals surface area contributed by atoms with E-state index in [0.29, 0.717) is 31.2 Å². The Hall–Kier alpha value is -1.73. The number of hydrogen-bond donors (Lipinski definition) is 0. The van der Waals surface area contributed by atoms with Crippen molar-refractivity contribution in [2.24, 2.45) is 0 Å². The summed E-state index contributed by atoms with van der Waals surface area (Å²) in [7, 11) is -2.89. The van der Waals surface area contributed by atoms with Gasteiger partial charge in [0.25, 0.3) is 0 Å². The summed E-state index contributed by atoms with van der Waals surface area (Å²) in [6, 6.07) is 10.0. The second-order valence-electron chi connectivity index (χ2n) is 5.87. The summed E-state index contributed by atoms with van der Waals surface area (Å²) in [6.45, 7) is 3.28. The van der Waals surface area contributed by atoms with Gasteiger partial charge in [0.1, 0.15) is 0 Å². The van der Waals surface area contributed by atoms with E-state index < -0.39 is 9.84 Å². The van der Waals surface area contributed by atoms with Gasteiger partial charge in [-0.15, -0.1) is 10.2 Å². The van der Waals surface area contributed by atoms with Gasteiger partial charge in [0.15, 0.2) is 9.84 Å². The normalized spacial score (nSPS) is 20.2. The molecular weight excluding hydrogens is 314 g/mol. The quantitative estimate of drug-likeness (QED) is 0.799. The van der Waals surface area contributed by atoms with E-state index in [1.54, 1.807) is 0 Å². The molecule has 23 heavy (non-hydrogen) atoms. The smallest absolute Gasteiger partial charge is 0.230 e. The molecule has 2 aromatic rings. The molecule has 1 saturated heterocycles. The second kappa shape index (κ2) is 6.80. The highest BCUT2D eigenvalue weighted by Crippen LogP contribution is 2.19. The molecule has 3 rings (SSSR count). The van der Waals surface area contributed by atoms with Crippen molar-refractivity contribution in [3.05, 3.63) is 47.7 Å². The van der Waals surface area contributed by atoms with Crippen LogP contribution >= 0.6 is 0 Å². The van der Waals surface area contributed by atoms with Crippen molar-refractivity contribution < 1.29 is 12.8 Å². The first-order valence-electron chi connectivity index (χ1n) is 7.85. The minimum absolute atomic E-state index is 0.0504. The first-order chi connectivity index (χ1) is 11.1. The van der Waals surface area contributed by atoms with Crippen molar-refractivity contribution in [1.29, 1.82) is 0 Å². The van der Waals surface area contributed by atoms with Gasteiger partial charge in [0.05, 0.1) is 24.5 Å². The van der Waals surface area contributed by atoms with Gasteiger partial charge in [-0.3, -0.25) is 4.90 Å². The standard InChI is InChI=1S/C16H21N3O3S/c1-2-19(14-8-9-23(20,21)12-14)11-16-18-17-15(22-16)10-13-6-4-3-5-7-13/h3-7,14H,2,8-12H2,1H3. The van der Waals surface area contributed by atoms with E-state index in [1.807, 2.05) is 37.3 Å². The molecule has 1 fully saturated rings. The first-order valence-corrected chi connectivity index (χ1v) is 9.67. The predicted octanol–water partition coefficient (Wildman–Crippen LogP) is 1.67. The molecule has 0 amide bonds. The summed E-state index contributed by atoms with van der Waals surface area (Å²) >= 11 is 0. The average Bonchev–Trinajstić information content (AvgIpc) is 3.12. The zero-order valence-electron chi connectivity index (χ0n) is 13.2. The van der Waals surface area contributed by atoms with E-state index in [2.05, 4.69) is 15.1 Å². The number of sulfone groups is 1. The molecule has 1 unspecified atom stereocenters. The van der Waals surface area contributed by atoms with Crippen LogP contribution in [0.15, 0.2) is 34.7 Å². The third-order valence-corrected chi connectivity index (χ3v) is 5.93. The SMILES string of the molecule is CCN(Cc1nnc(Cc2ccccc2)o1)C1CCS(=O)(=O)C1. The van der Waals surface area contributed by atoms with Crippen molar-refractivity contribution in [1.82, 2.24) is 15.1 Å². The largest absolute Gasteiger partial charge is 0.424 e. The van der Waals surface area contributed by atoms with E-state index in [4.69, 9.17) is 4.42 Å². The van der Waals surface area contributed by atoms with Crippen LogP contribution in [0.3, 0.4) is 0 Å². The first kappa shape index (κ1) is 16.1. The van der Waals surface area contributed by atoms with Crippen molar-refractivity contribution in [3.8, 4) is 0 Å². The number of hydrogen-bond acceptors (Lipinski definition) is 6. The maximum absolute atomic E-state index is 11.6. The Morgan fingerprint density at radius 3 is 2.61 bits per heavy atom. The molecule has 1 aliphatic rings. The van der Waals surface area contributed by atoms with Gasteiger partial charge in [-0.25, -0.2) is 8.42 Å². The van der Waals surface area contributed by atoms with Gasteiger partial charge in [-0.2, -0.15) is 0 Å². The fourth-order valence-electron chi connectivity index (χ4n) is 2.93. The number of nitrogens with zero attached hydrogens (tertiary/aromatic N) is 3. The van der Waals surface area contributed by atoms with E-state index in [9.17, 15) is 8.42 Å². The summed E-state index contributed by atoms with van der Waals surface area (Å²) in [4.78, 5) is 2.10. The zero-order valence-corrected chi connectivity index (χ0v) is 14.0. The molecule has 124 valence electrons. The van der Waals surface area contributed by atoms with Crippen LogP contribution in [-0.2, 0) is 22.8 Å². The van der Waals surface area contributed by atoms with Crippen LogP contribution in [0.4, 0.5) is 0 Å². The summed E-state index contributed by atoms with van der Waals surface area (Å²) < 4.78 is 29.0. The maximum Gasteiger partial charge on any atom is 0.230 e. The van der Waals surface area contributed by atoms with E-state index in [1.165, 1.54) is 0 Å². The molecule has 1 aromatic carbocycles. The van der Waals surface area contributed by atoms with Crippen LogP contribution in [0, 0.1) is 0 Å². The maximum atomic E-state index is 11.6. The van der Waals surface area contributed by atoms with E-state index in [-0.39, 0.29) is 17.5 Å². The molecule has 1 aliphatic heterocycles. The van der Waals surface area contributed by atoms with Crippen molar-refractivity contribution in [2.75, 3.05) is 18.1 Å². The van der Waals surface area contributed by atoms with Crippen molar-refractivity contribution in [3.63, 3.8) is 0 Å². The molecule has 0 bridgehead atoms. The Bertz CT molecular complexity index is 743. The van der Waals surface area contributed by atoms with Gasteiger partial charge in [0.2, 0.25) is 11.8 Å². The predicted molar refractivity (Wildman–Crippen MR) is 86.7 cm³/mol. The lowest BCUT2D eigenvalue weighted by Crippen LogP contribution is -2.35. The van der Waals surface area contributed by atoms with Gasteiger partial charge in [-0.1, -0.05) is 37.3 Å². The third kappa shape index (κ3) is 4.17. The van der Waals surface area contributed by atoms with Gasteiger partial charge in [-0.05, 0) is 18.5 Å². The Balaban J connectivity index is 1.63. The molecule has 1 atom stereocenters. The number of aromatic nitrogens is 2. The third-order valence-electron chi connectivity index (χ3n) is 4.18. The highest BCUT2D eigenvalue weighted by molar-refractivity contribution is 7.91. The molecule has 2 heterocycles. The Morgan fingerprint density at radius 1 is 1.22 bits per heavy atom. The van der Waals surface area contributed by atoms with Gasteiger partial charge in [0, 0.05) is 6.04 Å². The molecule has 0 spiro atoms. The molecule has 6 nitrogen and oxygen atoms in total. The Morgan fingerprint density at radius 2 is 1.96 bits per heavy atom. The van der Waals surface area contributed by atoms with E-state index >= 15 is 0 Å². The molecule has 7 heteroatoms. The van der Waals surface area contributed by atoms with Crippen molar-refractivity contribution in [2.45, 2.75) is 32.4 Å². The average molecular weight is 335 g/mol. The molecule has 0 N–H and O–H groups in total. The van der Waals surface area contributed by atoms with Crippen LogP contribution in [0.5, 0.6) is 0 Å². The summed E-state index contributed by atoms with van der Waals surface area (Å²) in [5, 5.41) is 8.19. The highest BCUT2D eigenvalue weighted by atomic mass is 32.2. The lowest BCUT2D eigenvalue weighted by molar-refractivity contribution is 0.193. The topological polar surface area (TPSA) is 76.3 Å². The summed E-state index contributed by atoms with van der Waals surface area (Å²) in [5.41, 5.74) is 1.12. The number of rotatable bonds is 6. The van der Waals surface area contributed by atoms with Crippen LogP contribution in [0.2, 0.25) is 0 Å². The minimum Gasteiger partial charge on any atom is -0.424 e. The Kier molecular flexibility index (Phi) is 4.77. The lowest BCUT2D eigenvalue weighted by Gasteiger charge is -2.24. The van der Waals surface area contributed by atoms with Gasteiger partial charge < -0.3 is 4.42 Å². The fourth-order valence-corrected chi connectivity index (χ4v) is 4.69. The van der Waals surface area contributed by atoms with Crippen LogP contribution in [-0.4, -0.2) is 47.6 Å². The Labute approximate surface area is 136 Å². The van der Waals surface area contributed by atoms with Crippen LogP contribution in [0.1, 0.15) is 30.7 Å². The number of benzene rings is 1. The summed E-state index contributed by atoms with van der Waals surface area (Å²) in [6.07, 6.45) is 1.29. The van der Waals surface area contributed by atoms with Crippen LogP contribution in [0.25, 0.3) is 0 Å². The zero-order chi connectivity index (χ0) is 16.3. The van der Waals surface area contributed by atoms with E-state index in [0.717, 1.165) is 12.1 Å². The molecule has 0 aliphatic carbocycles.